The van der Waals surface area contributed by atoms with E-state index in [-0.39, 0.29) is 0 Å². The molecule has 0 atom stereocenters. The van der Waals surface area contributed by atoms with Crippen molar-refractivity contribution in [2.45, 2.75) is 6.54 Å². The molecule has 0 aromatic carbocycles. The topological polar surface area (TPSA) is 82.5 Å². The molecule has 0 unspecified atom stereocenters. The van der Waals surface area contributed by atoms with E-state index < -0.39 is 0 Å². The Morgan fingerprint density at radius 2 is 2.29 bits per heavy atom. The van der Waals surface area contributed by atoms with Gasteiger partial charge in [-0.1, -0.05) is 0 Å². The number of nitrogens with two attached hydrogens (primary N) is 1. The lowest BCUT2D eigenvalue weighted by atomic mass is 10.4. The number of aromatic nitrogens is 5. The van der Waals surface area contributed by atoms with Crippen molar-refractivity contribution in [1.82, 2.24) is 25.2 Å². The first kappa shape index (κ1) is 9.22. The summed E-state index contributed by atoms with van der Waals surface area (Å²) < 4.78 is 2.42. The van der Waals surface area contributed by atoms with Gasteiger partial charge in [0.15, 0.2) is 5.82 Å². The van der Waals surface area contributed by atoms with E-state index >= 15 is 0 Å². The van der Waals surface area contributed by atoms with E-state index in [1.165, 1.54) is 0 Å². The van der Waals surface area contributed by atoms with Gasteiger partial charge in [-0.2, -0.15) is 4.68 Å². The number of tetrazole rings is 1. The van der Waals surface area contributed by atoms with Crippen molar-refractivity contribution in [3.05, 3.63) is 28.8 Å². The molecular weight excluding hydrogens is 248 g/mol. The van der Waals surface area contributed by atoms with Gasteiger partial charge in [0.25, 0.3) is 0 Å². The van der Waals surface area contributed by atoms with E-state index in [4.69, 9.17) is 5.73 Å². The molecule has 0 spiro atoms. The SMILES string of the molecule is NCc1nnnn1-c1cncc(Br)c1. The summed E-state index contributed by atoms with van der Waals surface area (Å²) >= 11 is 3.32. The highest BCUT2D eigenvalue weighted by Gasteiger charge is 2.06. The van der Waals surface area contributed by atoms with E-state index in [2.05, 4.69) is 36.4 Å². The minimum absolute atomic E-state index is 0.291. The first-order valence-electron chi connectivity index (χ1n) is 3.89. The van der Waals surface area contributed by atoms with Crippen LogP contribution in [0.25, 0.3) is 5.69 Å². The zero-order valence-electron chi connectivity index (χ0n) is 7.13. The van der Waals surface area contributed by atoms with Gasteiger partial charge in [0, 0.05) is 10.7 Å². The Hall–Kier alpha value is -1.34. The second kappa shape index (κ2) is 3.81. The fourth-order valence-corrected chi connectivity index (χ4v) is 1.40. The van der Waals surface area contributed by atoms with Gasteiger partial charge >= 0.3 is 0 Å². The molecule has 2 aromatic rings. The van der Waals surface area contributed by atoms with Crippen LogP contribution in [0.2, 0.25) is 0 Å². The monoisotopic (exact) mass is 254 g/mol. The standard InChI is InChI=1S/C7H7BrN6/c8-5-1-6(4-10-3-5)14-7(2-9)11-12-13-14/h1,3-4H,2,9H2. The Kier molecular flexibility index (Phi) is 2.51. The Labute approximate surface area is 88.3 Å². The molecule has 6 nitrogen and oxygen atoms in total. The molecule has 0 amide bonds. The van der Waals surface area contributed by atoms with Crippen molar-refractivity contribution in [3.8, 4) is 5.69 Å². The van der Waals surface area contributed by atoms with Crippen LogP contribution in [0.4, 0.5) is 0 Å². The molecule has 2 rings (SSSR count). The summed E-state index contributed by atoms with van der Waals surface area (Å²) in [4.78, 5) is 4.01. The Bertz CT molecular complexity index is 439. The smallest absolute Gasteiger partial charge is 0.170 e. The second-order valence-corrected chi connectivity index (χ2v) is 3.49. The van der Waals surface area contributed by atoms with Gasteiger partial charge < -0.3 is 5.73 Å². The highest BCUT2D eigenvalue weighted by molar-refractivity contribution is 9.10. The molecule has 7 heteroatoms. The second-order valence-electron chi connectivity index (χ2n) is 2.57. The third-order valence-electron chi connectivity index (χ3n) is 1.65. The normalized spacial score (nSPS) is 10.4. The molecule has 0 aliphatic carbocycles. The fourth-order valence-electron chi connectivity index (χ4n) is 1.05. The van der Waals surface area contributed by atoms with Crippen LogP contribution < -0.4 is 5.73 Å². The fraction of sp³-hybridized carbons (Fsp3) is 0.143. The van der Waals surface area contributed by atoms with Gasteiger partial charge in [0.05, 0.1) is 18.4 Å². The summed E-state index contributed by atoms with van der Waals surface area (Å²) in [5.41, 5.74) is 6.26. The summed E-state index contributed by atoms with van der Waals surface area (Å²) in [6.45, 7) is 0.291. The molecular formula is C7H7BrN6. The average molecular weight is 255 g/mol. The lowest BCUT2D eigenvalue weighted by Gasteiger charge is -2.01. The predicted octanol–water partition coefficient (Wildman–Crippen LogP) is 0.279. The van der Waals surface area contributed by atoms with Crippen LogP contribution in [0.3, 0.4) is 0 Å². The third kappa shape index (κ3) is 1.64. The van der Waals surface area contributed by atoms with Gasteiger partial charge in [-0.05, 0) is 32.4 Å². The summed E-state index contributed by atoms with van der Waals surface area (Å²) in [6, 6.07) is 1.86. The van der Waals surface area contributed by atoms with Crippen LogP contribution >= 0.6 is 15.9 Å². The van der Waals surface area contributed by atoms with Gasteiger partial charge in [0.1, 0.15) is 0 Å². The van der Waals surface area contributed by atoms with E-state index in [9.17, 15) is 0 Å². The van der Waals surface area contributed by atoms with E-state index in [0.29, 0.717) is 12.4 Å². The maximum Gasteiger partial charge on any atom is 0.170 e. The maximum atomic E-state index is 5.48. The van der Waals surface area contributed by atoms with Crippen LogP contribution in [0.5, 0.6) is 0 Å². The number of pyridine rings is 1. The number of nitrogens with zero attached hydrogens (tertiary/aromatic N) is 5. The minimum atomic E-state index is 0.291. The van der Waals surface area contributed by atoms with Crippen LogP contribution in [0.15, 0.2) is 22.9 Å². The van der Waals surface area contributed by atoms with Crippen molar-refractivity contribution in [2.24, 2.45) is 5.73 Å². The minimum Gasteiger partial charge on any atom is -0.324 e. The molecule has 0 fully saturated rings. The molecule has 2 heterocycles. The van der Waals surface area contributed by atoms with Crippen molar-refractivity contribution in [1.29, 1.82) is 0 Å². The third-order valence-corrected chi connectivity index (χ3v) is 2.09. The molecule has 0 aliphatic rings. The number of hydrogen-bond donors (Lipinski definition) is 1. The van der Waals surface area contributed by atoms with Crippen molar-refractivity contribution < 1.29 is 0 Å². The summed E-state index contributed by atoms with van der Waals surface area (Å²) in [7, 11) is 0. The van der Waals surface area contributed by atoms with Crippen molar-refractivity contribution in [3.63, 3.8) is 0 Å². The van der Waals surface area contributed by atoms with Crippen LogP contribution in [0.1, 0.15) is 5.82 Å². The summed E-state index contributed by atoms with van der Waals surface area (Å²) in [6.07, 6.45) is 3.36. The van der Waals surface area contributed by atoms with E-state index in [1.807, 2.05) is 6.07 Å². The summed E-state index contributed by atoms with van der Waals surface area (Å²) in [5.74, 6) is 0.602. The molecule has 0 radical (unpaired) electrons. The molecule has 2 N–H and O–H groups in total. The largest absolute Gasteiger partial charge is 0.324 e. The molecule has 0 saturated heterocycles. The van der Waals surface area contributed by atoms with E-state index in [0.717, 1.165) is 10.2 Å². The molecule has 0 bridgehead atoms. The maximum absolute atomic E-state index is 5.48. The van der Waals surface area contributed by atoms with Gasteiger partial charge in [-0.15, -0.1) is 5.10 Å². The summed E-state index contributed by atoms with van der Waals surface area (Å²) in [5, 5.41) is 11.1. The number of hydrogen-bond acceptors (Lipinski definition) is 5. The van der Waals surface area contributed by atoms with Crippen LogP contribution in [-0.2, 0) is 6.54 Å². The zero-order chi connectivity index (χ0) is 9.97. The molecule has 72 valence electrons. The van der Waals surface area contributed by atoms with Crippen molar-refractivity contribution >= 4 is 15.9 Å². The lowest BCUT2D eigenvalue weighted by molar-refractivity contribution is 0.758. The Balaban J connectivity index is 2.49. The first-order valence-corrected chi connectivity index (χ1v) is 4.69. The number of rotatable bonds is 2. The van der Waals surface area contributed by atoms with Gasteiger partial charge in [0.2, 0.25) is 0 Å². The molecule has 14 heavy (non-hydrogen) atoms. The lowest BCUT2D eigenvalue weighted by Crippen LogP contribution is -2.08. The quantitative estimate of drug-likeness (QED) is 0.833. The molecule has 0 aliphatic heterocycles. The predicted molar refractivity (Wildman–Crippen MR) is 52.5 cm³/mol. The van der Waals surface area contributed by atoms with Crippen LogP contribution in [-0.4, -0.2) is 25.2 Å². The van der Waals surface area contributed by atoms with Gasteiger partial charge in [-0.3, -0.25) is 4.98 Å². The average Bonchev–Trinajstić information content (AvgIpc) is 2.65. The Morgan fingerprint density at radius 3 is 3.00 bits per heavy atom. The van der Waals surface area contributed by atoms with E-state index in [1.54, 1.807) is 17.1 Å². The molecule has 0 saturated carbocycles. The van der Waals surface area contributed by atoms with Gasteiger partial charge in [-0.25, -0.2) is 0 Å². The highest BCUT2D eigenvalue weighted by Crippen LogP contribution is 2.13. The first-order chi connectivity index (χ1) is 6.81. The highest BCUT2D eigenvalue weighted by atomic mass is 79.9. The Morgan fingerprint density at radius 1 is 1.43 bits per heavy atom. The van der Waals surface area contributed by atoms with Crippen molar-refractivity contribution in [2.75, 3.05) is 0 Å². The number of halogens is 1. The van der Waals surface area contributed by atoms with Crippen LogP contribution in [0, 0.1) is 0 Å². The molecule has 2 aromatic heterocycles. The zero-order valence-corrected chi connectivity index (χ0v) is 8.72.